The zero-order valence-corrected chi connectivity index (χ0v) is 20.8. The highest BCUT2D eigenvalue weighted by Gasteiger charge is 2.53. The summed E-state index contributed by atoms with van der Waals surface area (Å²) in [4.78, 5) is 58.4. The molecule has 0 unspecified atom stereocenters. The Balaban J connectivity index is 1.90. The second kappa shape index (κ2) is 12.3. The van der Waals surface area contributed by atoms with Crippen molar-refractivity contribution in [2.24, 2.45) is 5.10 Å². The zero-order valence-electron chi connectivity index (χ0n) is 20.8. The largest absolute Gasteiger partial charge is 0.463 e. The second-order valence-electron chi connectivity index (χ2n) is 8.30. The number of carbonyl (C=O) groups is 5. The van der Waals surface area contributed by atoms with Gasteiger partial charge in [0.15, 0.2) is 12.2 Å². The fourth-order valence-electron chi connectivity index (χ4n) is 3.83. The van der Waals surface area contributed by atoms with Crippen molar-refractivity contribution in [2.45, 2.75) is 71.2 Å². The highest BCUT2D eigenvalue weighted by molar-refractivity contribution is 6.04. The van der Waals surface area contributed by atoms with Crippen LogP contribution < -0.4 is 10.2 Å². The fraction of sp³-hybridized carbons (Fsp3) is 0.500. The zero-order chi connectivity index (χ0) is 27.1. The van der Waals surface area contributed by atoms with E-state index in [9.17, 15) is 24.0 Å². The number of esters is 4. The lowest BCUT2D eigenvalue weighted by Crippen LogP contribution is -2.63. The number of nitrogens with one attached hydrogen (secondary N) is 1. The van der Waals surface area contributed by atoms with Gasteiger partial charge in [-0.1, -0.05) is 0 Å². The first-order valence-corrected chi connectivity index (χ1v) is 11.5. The van der Waals surface area contributed by atoms with Crippen molar-refractivity contribution < 1.29 is 52.4 Å². The summed E-state index contributed by atoms with van der Waals surface area (Å²) in [5, 5.41) is 4.05. The Bertz CT molecular complexity index is 1070. The minimum absolute atomic E-state index is 0.160. The monoisotopic (exact) mass is 520 g/mol. The van der Waals surface area contributed by atoms with Gasteiger partial charge in [-0.15, -0.1) is 0 Å². The Kier molecular flexibility index (Phi) is 9.17. The third-order valence-electron chi connectivity index (χ3n) is 5.29. The average Bonchev–Trinajstić information content (AvgIpc) is 2.82. The smallest absolute Gasteiger partial charge is 0.303 e. The van der Waals surface area contributed by atoms with Crippen molar-refractivity contribution in [1.29, 1.82) is 0 Å². The van der Waals surface area contributed by atoms with Crippen LogP contribution >= 0.6 is 0 Å². The lowest BCUT2D eigenvalue weighted by atomic mass is 9.98. The molecule has 1 saturated heterocycles. The molecule has 0 radical (unpaired) electrons. The Morgan fingerprint density at radius 3 is 2.00 bits per heavy atom. The first kappa shape index (κ1) is 27.6. The van der Waals surface area contributed by atoms with E-state index in [1.165, 1.54) is 6.92 Å². The van der Waals surface area contributed by atoms with Crippen molar-refractivity contribution in [1.82, 2.24) is 5.43 Å². The fourth-order valence-corrected chi connectivity index (χ4v) is 3.83. The summed E-state index contributed by atoms with van der Waals surface area (Å²) in [6.07, 6.45) is -5.59. The van der Waals surface area contributed by atoms with Crippen molar-refractivity contribution in [3.63, 3.8) is 0 Å². The van der Waals surface area contributed by atoms with Gasteiger partial charge in [0.1, 0.15) is 18.5 Å². The van der Waals surface area contributed by atoms with Crippen LogP contribution in [0.1, 0.15) is 46.1 Å². The molecular formula is C24H28N2O11. The highest BCUT2D eigenvalue weighted by Crippen LogP contribution is 2.31. The topological polar surface area (TPSA) is 165 Å². The molecule has 2 aliphatic heterocycles. The van der Waals surface area contributed by atoms with Gasteiger partial charge in [0, 0.05) is 40.5 Å². The molecule has 2 aliphatic rings. The van der Waals surface area contributed by atoms with E-state index in [2.05, 4.69) is 10.5 Å². The van der Waals surface area contributed by atoms with Gasteiger partial charge in [0.05, 0.1) is 5.71 Å². The average molecular weight is 520 g/mol. The van der Waals surface area contributed by atoms with E-state index in [4.69, 9.17) is 28.4 Å². The van der Waals surface area contributed by atoms with Crippen LogP contribution in [-0.4, -0.2) is 72.8 Å². The molecule has 13 heteroatoms. The Labute approximate surface area is 212 Å². The van der Waals surface area contributed by atoms with Gasteiger partial charge in [-0.2, -0.15) is 5.10 Å². The summed E-state index contributed by atoms with van der Waals surface area (Å²) in [5.74, 6) is -2.68. The maximum Gasteiger partial charge on any atom is 0.303 e. The van der Waals surface area contributed by atoms with Gasteiger partial charge in [-0.3, -0.25) is 24.0 Å². The van der Waals surface area contributed by atoms with Crippen LogP contribution in [0.5, 0.6) is 5.75 Å². The third-order valence-corrected chi connectivity index (χ3v) is 5.29. The van der Waals surface area contributed by atoms with Crippen LogP contribution in [0.25, 0.3) is 0 Å². The molecule has 1 amide bonds. The molecular weight excluding hydrogens is 492 g/mol. The third kappa shape index (κ3) is 7.74. The minimum Gasteiger partial charge on any atom is -0.463 e. The number of ether oxygens (including phenoxy) is 6. The van der Waals surface area contributed by atoms with Crippen LogP contribution in [0.4, 0.5) is 0 Å². The van der Waals surface area contributed by atoms with Crippen molar-refractivity contribution in [3.8, 4) is 5.75 Å². The van der Waals surface area contributed by atoms with Crippen molar-refractivity contribution in [2.75, 3.05) is 6.61 Å². The van der Waals surface area contributed by atoms with Gasteiger partial charge in [-0.05, 0) is 29.8 Å². The molecule has 1 fully saturated rings. The highest BCUT2D eigenvalue weighted by atomic mass is 16.7. The molecule has 0 aromatic heterocycles. The number of hydrogen-bond donors (Lipinski definition) is 1. The lowest BCUT2D eigenvalue weighted by Gasteiger charge is -2.43. The Morgan fingerprint density at radius 2 is 1.46 bits per heavy atom. The van der Waals surface area contributed by atoms with E-state index < -0.39 is 54.6 Å². The van der Waals surface area contributed by atoms with Crippen LogP contribution in [0.15, 0.2) is 29.4 Å². The quantitative estimate of drug-likeness (QED) is 0.380. The van der Waals surface area contributed by atoms with E-state index in [1.807, 2.05) is 0 Å². The maximum atomic E-state index is 11.9. The molecule has 200 valence electrons. The molecule has 1 aromatic carbocycles. The molecule has 2 heterocycles. The Hall–Kier alpha value is -4.00. The summed E-state index contributed by atoms with van der Waals surface area (Å²) >= 11 is 0. The van der Waals surface area contributed by atoms with E-state index in [-0.39, 0.29) is 12.5 Å². The number of hydrazone groups is 1. The predicted octanol–water partition coefficient (Wildman–Crippen LogP) is 0.763. The molecule has 0 bridgehead atoms. The second-order valence-corrected chi connectivity index (χ2v) is 8.30. The predicted molar refractivity (Wildman–Crippen MR) is 123 cm³/mol. The van der Waals surface area contributed by atoms with Crippen LogP contribution in [0.3, 0.4) is 0 Å². The summed E-state index contributed by atoms with van der Waals surface area (Å²) in [6, 6.07) is 6.67. The number of rotatable bonds is 8. The first-order valence-electron chi connectivity index (χ1n) is 11.5. The normalized spacial score (nSPS) is 25.1. The number of hydrogen-bond acceptors (Lipinski definition) is 12. The van der Waals surface area contributed by atoms with E-state index in [0.717, 1.165) is 26.3 Å². The van der Waals surface area contributed by atoms with E-state index in [0.29, 0.717) is 24.3 Å². The number of nitrogens with zero attached hydrogens (tertiary/aromatic N) is 1. The van der Waals surface area contributed by atoms with Crippen LogP contribution in [-0.2, 0) is 47.7 Å². The maximum absolute atomic E-state index is 11.9. The van der Waals surface area contributed by atoms with Crippen molar-refractivity contribution >= 4 is 35.5 Å². The summed E-state index contributed by atoms with van der Waals surface area (Å²) in [5.41, 5.74) is 3.88. The summed E-state index contributed by atoms with van der Waals surface area (Å²) in [7, 11) is 0. The van der Waals surface area contributed by atoms with Gasteiger partial charge in [-0.25, -0.2) is 5.43 Å². The van der Waals surface area contributed by atoms with Crippen LogP contribution in [0, 0.1) is 0 Å². The summed E-state index contributed by atoms with van der Waals surface area (Å²) < 4.78 is 33.0. The molecule has 3 rings (SSSR count). The molecule has 13 nitrogen and oxygen atoms in total. The van der Waals surface area contributed by atoms with E-state index in [1.54, 1.807) is 24.3 Å². The molecule has 0 aliphatic carbocycles. The molecule has 1 aromatic rings. The standard InChI is InChI=1S/C24H28N2O11/c1-12(27)32-11-19-21(33-13(2)28)22(34-14(3)29)23(35-15(4)30)24(37-19)36-17-7-5-16(6-8-17)18-9-10-20(31)26-25-18/h5-8,19,21-24H,9-11H2,1-4H3,(H,26,31)/t19-,21-,22+,23-,24-/m1/s1. The Morgan fingerprint density at radius 1 is 0.865 bits per heavy atom. The SMILES string of the molecule is CC(=O)OC[C@H]1O[C@@H](Oc2ccc(C3=NNC(=O)CC3)cc2)[C@H](OC(C)=O)[C@@H](OC(C)=O)[C@@H]1OC(C)=O. The molecule has 0 spiro atoms. The minimum atomic E-state index is -1.34. The molecule has 5 atom stereocenters. The van der Waals surface area contributed by atoms with Crippen molar-refractivity contribution in [3.05, 3.63) is 29.8 Å². The van der Waals surface area contributed by atoms with E-state index >= 15 is 0 Å². The molecule has 0 saturated carbocycles. The number of carbonyl (C=O) groups excluding carboxylic acids is 5. The molecule has 37 heavy (non-hydrogen) atoms. The van der Waals surface area contributed by atoms with Gasteiger partial charge in [0.2, 0.25) is 18.3 Å². The summed E-state index contributed by atoms with van der Waals surface area (Å²) in [6.45, 7) is 4.25. The number of benzene rings is 1. The van der Waals surface area contributed by atoms with Gasteiger partial charge < -0.3 is 28.4 Å². The number of amides is 1. The molecule has 1 N–H and O–H groups in total. The van der Waals surface area contributed by atoms with Gasteiger partial charge in [0.25, 0.3) is 0 Å². The van der Waals surface area contributed by atoms with Gasteiger partial charge >= 0.3 is 23.9 Å². The van der Waals surface area contributed by atoms with Crippen LogP contribution in [0.2, 0.25) is 0 Å². The lowest BCUT2D eigenvalue weighted by molar-refractivity contribution is -0.288. The first-order chi connectivity index (χ1) is 17.5.